The lowest BCUT2D eigenvalue weighted by Gasteiger charge is -2.24. The predicted molar refractivity (Wildman–Crippen MR) is 75.4 cm³/mol. The Balaban J connectivity index is 1.80. The SMILES string of the molecule is O=C(O)[C@@H]1[C@H](C(=O)Nc2cccc(C(F)(F)F)c2)[C@H]2C=C[C@H]1C2. The first-order valence-corrected chi connectivity index (χ1v) is 7.16. The Hall–Kier alpha value is -2.31. The van der Waals surface area contributed by atoms with E-state index in [1.807, 2.05) is 6.08 Å². The quantitative estimate of drug-likeness (QED) is 0.839. The Morgan fingerprint density at radius 2 is 1.78 bits per heavy atom. The normalized spacial score (nSPS) is 28.8. The van der Waals surface area contributed by atoms with Crippen molar-refractivity contribution in [2.75, 3.05) is 5.32 Å². The summed E-state index contributed by atoms with van der Waals surface area (Å²) in [6.07, 6.45) is -0.283. The molecule has 2 N–H and O–H groups in total. The number of carbonyl (C=O) groups is 2. The number of nitrogens with one attached hydrogen (secondary N) is 1. The van der Waals surface area contributed by atoms with E-state index in [0.717, 1.165) is 12.1 Å². The summed E-state index contributed by atoms with van der Waals surface area (Å²) < 4.78 is 38.1. The van der Waals surface area contributed by atoms with Gasteiger partial charge in [0.25, 0.3) is 0 Å². The number of carboxylic acid groups (broad SMARTS) is 1. The summed E-state index contributed by atoms with van der Waals surface area (Å²) in [4.78, 5) is 23.8. The number of amides is 1. The summed E-state index contributed by atoms with van der Waals surface area (Å²) in [5, 5.41) is 11.7. The van der Waals surface area contributed by atoms with Gasteiger partial charge in [-0.2, -0.15) is 13.2 Å². The fourth-order valence-electron chi connectivity index (χ4n) is 3.52. The second-order valence-electron chi connectivity index (χ2n) is 5.91. The molecule has 0 spiro atoms. The fraction of sp³-hybridized carbons (Fsp3) is 0.375. The summed E-state index contributed by atoms with van der Waals surface area (Å²) in [7, 11) is 0. The predicted octanol–water partition coefficient (Wildman–Crippen LogP) is 3.17. The van der Waals surface area contributed by atoms with E-state index in [9.17, 15) is 27.9 Å². The molecule has 3 rings (SSSR count). The van der Waals surface area contributed by atoms with Crippen molar-refractivity contribution in [3.63, 3.8) is 0 Å². The van der Waals surface area contributed by atoms with Gasteiger partial charge in [0.05, 0.1) is 17.4 Å². The van der Waals surface area contributed by atoms with Crippen LogP contribution >= 0.6 is 0 Å². The Morgan fingerprint density at radius 1 is 1.13 bits per heavy atom. The van der Waals surface area contributed by atoms with Crippen LogP contribution in [0.15, 0.2) is 36.4 Å². The molecule has 2 aliphatic rings. The number of carboxylic acids is 1. The van der Waals surface area contributed by atoms with Gasteiger partial charge < -0.3 is 10.4 Å². The molecule has 0 unspecified atom stereocenters. The van der Waals surface area contributed by atoms with E-state index in [-0.39, 0.29) is 17.5 Å². The van der Waals surface area contributed by atoms with Crippen LogP contribution in [0.3, 0.4) is 0 Å². The van der Waals surface area contributed by atoms with Crippen LogP contribution in [0.25, 0.3) is 0 Å². The van der Waals surface area contributed by atoms with Crippen LogP contribution in [0.2, 0.25) is 0 Å². The number of anilines is 1. The second kappa shape index (κ2) is 5.40. The molecule has 7 heteroatoms. The third-order valence-electron chi connectivity index (χ3n) is 4.50. The fourth-order valence-corrected chi connectivity index (χ4v) is 3.52. The lowest BCUT2D eigenvalue weighted by Crippen LogP contribution is -2.36. The lowest BCUT2D eigenvalue weighted by atomic mass is 9.82. The number of carbonyl (C=O) groups excluding carboxylic acids is 1. The summed E-state index contributed by atoms with van der Waals surface area (Å²) >= 11 is 0. The number of alkyl halides is 3. The topological polar surface area (TPSA) is 66.4 Å². The number of hydrogen-bond donors (Lipinski definition) is 2. The minimum Gasteiger partial charge on any atom is -0.481 e. The zero-order valence-electron chi connectivity index (χ0n) is 11.9. The van der Waals surface area contributed by atoms with Gasteiger partial charge in [-0.25, -0.2) is 0 Å². The van der Waals surface area contributed by atoms with Crippen molar-refractivity contribution in [2.24, 2.45) is 23.7 Å². The van der Waals surface area contributed by atoms with Crippen molar-refractivity contribution < 1.29 is 27.9 Å². The van der Waals surface area contributed by atoms with Gasteiger partial charge in [0.15, 0.2) is 0 Å². The third kappa shape index (κ3) is 2.83. The van der Waals surface area contributed by atoms with Crippen LogP contribution in [0.5, 0.6) is 0 Å². The van der Waals surface area contributed by atoms with Gasteiger partial charge in [-0.15, -0.1) is 0 Å². The third-order valence-corrected chi connectivity index (χ3v) is 4.50. The van der Waals surface area contributed by atoms with Crippen molar-refractivity contribution in [1.82, 2.24) is 0 Å². The van der Waals surface area contributed by atoms with E-state index in [0.29, 0.717) is 6.42 Å². The molecule has 0 aromatic heterocycles. The maximum absolute atomic E-state index is 12.7. The van der Waals surface area contributed by atoms with Crippen molar-refractivity contribution >= 4 is 17.6 Å². The molecule has 4 nitrogen and oxygen atoms in total. The summed E-state index contributed by atoms with van der Waals surface area (Å²) in [5.74, 6) is -3.53. The van der Waals surface area contributed by atoms with Gasteiger partial charge in [0.1, 0.15) is 0 Å². The Morgan fingerprint density at radius 3 is 2.39 bits per heavy atom. The number of hydrogen-bond acceptors (Lipinski definition) is 2. The number of allylic oxidation sites excluding steroid dienone is 2. The molecule has 0 radical (unpaired) electrons. The van der Waals surface area contributed by atoms with Crippen LogP contribution in [-0.2, 0) is 15.8 Å². The smallest absolute Gasteiger partial charge is 0.416 e. The maximum Gasteiger partial charge on any atom is 0.416 e. The molecule has 0 aliphatic heterocycles. The minimum atomic E-state index is -4.50. The first-order chi connectivity index (χ1) is 10.8. The highest BCUT2D eigenvalue weighted by Crippen LogP contribution is 2.48. The molecular formula is C16H14F3NO3. The minimum absolute atomic E-state index is 0.0146. The van der Waals surface area contributed by atoms with Crippen LogP contribution in [0.4, 0.5) is 18.9 Å². The van der Waals surface area contributed by atoms with Crippen molar-refractivity contribution in [1.29, 1.82) is 0 Å². The number of rotatable bonds is 3. The molecule has 122 valence electrons. The van der Waals surface area contributed by atoms with Crippen LogP contribution in [0.1, 0.15) is 12.0 Å². The highest BCUT2D eigenvalue weighted by molar-refractivity contribution is 5.96. The first kappa shape index (κ1) is 15.6. The Kier molecular flexibility index (Phi) is 3.66. The highest BCUT2D eigenvalue weighted by atomic mass is 19.4. The molecule has 2 aliphatic carbocycles. The van der Waals surface area contributed by atoms with Crippen molar-refractivity contribution in [3.05, 3.63) is 42.0 Å². The average Bonchev–Trinajstić information content (AvgIpc) is 3.07. The molecule has 1 aromatic rings. The number of fused-ring (bicyclic) bond motifs is 2. The van der Waals surface area contributed by atoms with E-state index < -0.39 is 35.5 Å². The highest BCUT2D eigenvalue weighted by Gasteiger charge is 2.51. The van der Waals surface area contributed by atoms with Crippen LogP contribution in [0, 0.1) is 23.7 Å². The zero-order chi connectivity index (χ0) is 16.8. The second-order valence-corrected chi connectivity index (χ2v) is 5.91. The molecule has 1 saturated carbocycles. The van der Waals surface area contributed by atoms with Gasteiger partial charge in [0.2, 0.25) is 5.91 Å². The number of benzene rings is 1. The summed E-state index contributed by atoms with van der Waals surface area (Å²) in [6.45, 7) is 0. The van der Waals surface area contributed by atoms with Gasteiger partial charge in [0, 0.05) is 5.69 Å². The lowest BCUT2D eigenvalue weighted by molar-refractivity contribution is -0.146. The zero-order valence-corrected chi connectivity index (χ0v) is 11.9. The Labute approximate surface area is 130 Å². The molecular weight excluding hydrogens is 311 g/mol. The van der Waals surface area contributed by atoms with Gasteiger partial charge in [-0.3, -0.25) is 9.59 Å². The van der Waals surface area contributed by atoms with Gasteiger partial charge in [-0.05, 0) is 36.5 Å². The van der Waals surface area contributed by atoms with E-state index in [4.69, 9.17) is 0 Å². The molecule has 1 amide bonds. The molecule has 0 saturated heterocycles. The average molecular weight is 325 g/mol. The molecule has 0 heterocycles. The molecule has 4 atom stereocenters. The molecule has 1 aromatic carbocycles. The van der Waals surface area contributed by atoms with Crippen molar-refractivity contribution in [2.45, 2.75) is 12.6 Å². The monoisotopic (exact) mass is 325 g/mol. The van der Waals surface area contributed by atoms with Crippen LogP contribution in [-0.4, -0.2) is 17.0 Å². The molecule has 1 fully saturated rings. The van der Waals surface area contributed by atoms with Gasteiger partial charge in [-0.1, -0.05) is 18.2 Å². The van der Waals surface area contributed by atoms with E-state index in [1.165, 1.54) is 12.1 Å². The van der Waals surface area contributed by atoms with E-state index >= 15 is 0 Å². The van der Waals surface area contributed by atoms with Crippen LogP contribution < -0.4 is 5.32 Å². The summed E-state index contributed by atoms with van der Waals surface area (Å²) in [5.41, 5.74) is -0.848. The maximum atomic E-state index is 12.7. The van der Waals surface area contributed by atoms with E-state index in [1.54, 1.807) is 6.08 Å². The Bertz CT molecular complexity index is 683. The molecule has 2 bridgehead atoms. The largest absolute Gasteiger partial charge is 0.481 e. The molecule has 23 heavy (non-hydrogen) atoms. The standard InChI is InChI=1S/C16H14F3NO3/c17-16(18,19)10-2-1-3-11(7-10)20-14(21)12-8-4-5-9(6-8)13(12)15(22)23/h1-5,7-9,12-13H,6H2,(H,20,21)(H,22,23)/t8-,9-,12+,13-/m0/s1. The number of halogens is 3. The first-order valence-electron chi connectivity index (χ1n) is 7.16. The van der Waals surface area contributed by atoms with E-state index in [2.05, 4.69) is 5.32 Å². The van der Waals surface area contributed by atoms with Gasteiger partial charge >= 0.3 is 12.1 Å². The number of aliphatic carboxylic acids is 1. The summed E-state index contributed by atoms with van der Waals surface area (Å²) in [6, 6.07) is 4.31. The van der Waals surface area contributed by atoms with Crippen molar-refractivity contribution in [3.8, 4) is 0 Å².